The normalized spacial score (nSPS) is 10.6. The average molecular weight is 337 g/mol. The van der Waals surface area contributed by atoms with Crippen LogP contribution < -0.4 is 5.32 Å². The lowest BCUT2D eigenvalue weighted by Gasteiger charge is -2.05. The lowest BCUT2D eigenvalue weighted by molar-refractivity contribution is -0.115. The number of nitrogens with one attached hydrogen (secondary N) is 1. The molecule has 3 aromatic rings. The van der Waals surface area contributed by atoms with Crippen molar-refractivity contribution in [1.82, 2.24) is 9.38 Å². The molecule has 25 heavy (non-hydrogen) atoms. The Balaban J connectivity index is 1.64. The molecule has 0 unspecified atom stereocenters. The van der Waals surface area contributed by atoms with Gasteiger partial charge >= 0.3 is 5.97 Å². The smallest absolute Gasteiger partial charge is 0.338 e. The molecule has 0 aliphatic heterocycles. The van der Waals surface area contributed by atoms with Crippen molar-refractivity contribution in [1.29, 1.82) is 0 Å². The van der Waals surface area contributed by atoms with E-state index in [0.717, 1.165) is 11.2 Å². The number of hydrogen-bond acceptors (Lipinski definition) is 4. The Morgan fingerprint density at radius 1 is 1.20 bits per heavy atom. The molecule has 0 radical (unpaired) electrons. The zero-order valence-corrected chi connectivity index (χ0v) is 14.2. The molecule has 0 aliphatic rings. The molecule has 0 fully saturated rings. The number of carbonyl (C=O) groups excluding carboxylic acids is 2. The van der Waals surface area contributed by atoms with Gasteiger partial charge in [-0.15, -0.1) is 0 Å². The molecule has 0 saturated carbocycles. The van der Waals surface area contributed by atoms with Crippen LogP contribution in [0.2, 0.25) is 0 Å². The van der Waals surface area contributed by atoms with Crippen LogP contribution in [0.3, 0.4) is 0 Å². The first-order valence-electron chi connectivity index (χ1n) is 8.06. The largest absolute Gasteiger partial charge is 0.462 e. The molecule has 128 valence electrons. The second-order valence-corrected chi connectivity index (χ2v) is 5.72. The standard InChI is InChI=1S/C19H19N3O3/c1-3-25-19(24)14-4-6-15(7-5-14)21-18(23)11-16-12-22-9-8-13(2)10-17(22)20-16/h4-10,12H,3,11H2,1-2H3,(H,21,23). The van der Waals surface area contributed by atoms with Gasteiger partial charge in [-0.3, -0.25) is 4.79 Å². The van der Waals surface area contributed by atoms with E-state index < -0.39 is 0 Å². The van der Waals surface area contributed by atoms with Crippen molar-refractivity contribution in [3.05, 3.63) is 65.6 Å². The highest BCUT2D eigenvalue weighted by Gasteiger charge is 2.10. The monoisotopic (exact) mass is 337 g/mol. The maximum absolute atomic E-state index is 12.2. The van der Waals surface area contributed by atoms with Crippen molar-refractivity contribution in [2.45, 2.75) is 20.3 Å². The van der Waals surface area contributed by atoms with E-state index in [1.54, 1.807) is 31.2 Å². The summed E-state index contributed by atoms with van der Waals surface area (Å²) < 4.78 is 6.82. The van der Waals surface area contributed by atoms with E-state index in [2.05, 4.69) is 10.3 Å². The first kappa shape index (κ1) is 16.7. The SMILES string of the molecule is CCOC(=O)c1ccc(NC(=O)Cc2cn3ccc(C)cc3n2)cc1. The van der Waals surface area contributed by atoms with E-state index in [1.807, 2.05) is 35.9 Å². The number of nitrogens with zero attached hydrogens (tertiary/aromatic N) is 2. The highest BCUT2D eigenvalue weighted by atomic mass is 16.5. The number of aryl methyl sites for hydroxylation is 1. The van der Waals surface area contributed by atoms with Gasteiger partial charge < -0.3 is 14.5 Å². The number of imidazole rings is 1. The van der Waals surface area contributed by atoms with E-state index in [0.29, 0.717) is 23.6 Å². The Hall–Kier alpha value is -3.15. The second kappa shape index (κ2) is 7.17. The molecule has 0 aliphatic carbocycles. The van der Waals surface area contributed by atoms with Gasteiger partial charge in [0.15, 0.2) is 0 Å². The van der Waals surface area contributed by atoms with Crippen LogP contribution in [-0.4, -0.2) is 27.9 Å². The van der Waals surface area contributed by atoms with Gasteiger partial charge in [0.05, 0.1) is 24.3 Å². The lowest BCUT2D eigenvalue weighted by atomic mass is 10.2. The maximum Gasteiger partial charge on any atom is 0.338 e. The molecule has 6 nitrogen and oxygen atoms in total. The summed E-state index contributed by atoms with van der Waals surface area (Å²) in [6.45, 7) is 4.09. The van der Waals surface area contributed by atoms with Crippen molar-refractivity contribution >= 4 is 23.2 Å². The molecule has 1 N–H and O–H groups in total. The Labute approximate surface area is 145 Å². The molecule has 6 heteroatoms. The Bertz CT molecular complexity index is 913. The van der Waals surface area contributed by atoms with Crippen molar-refractivity contribution in [2.75, 3.05) is 11.9 Å². The summed E-state index contributed by atoms with van der Waals surface area (Å²) in [5.41, 5.74) is 3.72. The molecule has 0 atom stereocenters. The lowest BCUT2D eigenvalue weighted by Crippen LogP contribution is -2.14. The summed E-state index contributed by atoms with van der Waals surface area (Å²) in [6, 6.07) is 10.6. The highest BCUT2D eigenvalue weighted by Crippen LogP contribution is 2.12. The number of benzene rings is 1. The molecule has 0 saturated heterocycles. The van der Waals surface area contributed by atoms with Gasteiger partial charge in [-0.1, -0.05) is 0 Å². The zero-order chi connectivity index (χ0) is 17.8. The summed E-state index contributed by atoms with van der Waals surface area (Å²) >= 11 is 0. The van der Waals surface area contributed by atoms with E-state index >= 15 is 0 Å². The molecule has 3 rings (SSSR count). The van der Waals surface area contributed by atoms with Crippen LogP contribution in [0.25, 0.3) is 5.65 Å². The number of amides is 1. The van der Waals surface area contributed by atoms with Crippen molar-refractivity contribution in [3.63, 3.8) is 0 Å². The quantitative estimate of drug-likeness (QED) is 0.727. The van der Waals surface area contributed by atoms with Crippen LogP contribution >= 0.6 is 0 Å². The van der Waals surface area contributed by atoms with Gasteiger partial charge in [-0.2, -0.15) is 0 Å². The number of carbonyl (C=O) groups is 2. The summed E-state index contributed by atoms with van der Waals surface area (Å²) in [5.74, 6) is -0.538. The zero-order valence-electron chi connectivity index (χ0n) is 14.2. The minimum absolute atomic E-state index is 0.163. The van der Waals surface area contributed by atoms with Crippen molar-refractivity contribution in [2.24, 2.45) is 0 Å². The van der Waals surface area contributed by atoms with E-state index in [1.165, 1.54) is 0 Å². The predicted molar refractivity (Wildman–Crippen MR) is 94.7 cm³/mol. The van der Waals surface area contributed by atoms with Crippen molar-refractivity contribution < 1.29 is 14.3 Å². The number of aromatic nitrogens is 2. The number of esters is 1. The van der Waals surface area contributed by atoms with E-state index in [4.69, 9.17) is 4.74 Å². The van der Waals surface area contributed by atoms with Gasteiger partial charge in [0.2, 0.25) is 5.91 Å². The van der Waals surface area contributed by atoms with Crippen LogP contribution in [0.15, 0.2) is 48.8 Å². The van der Waals surface area contributed by atoms with Crippen LogP contribution in [-0.2, 0) is 16.0 Å². The van der Waals surface area contributed by atoms with E-state index in [9.17, 15) is 9.59 Å². The van der Waals surface area contributed by atoms with Gasteiger partial charge in [-0.05, 0) is 55.8 Å². The van der Waals surface area contributed by atoms with Crippen LogP contribution in [0.4, 0.5) is 5.69 Å². The Morgan fingerprint density at radius 2 is 1.96 bits per heavy atom. The fourth-order valence-electron chi connectivity index (χ4n) is 2.50. The summed E-state index contributed by atoms with van der Waals surface area (Å²) in [6.07, 6.45) is 3.95. The Kier molecular flexibility index (Phi) is 4.79. The molecule has 0 bridgehead atoms. The second-order valence-electron chi connectivity index (χ2n) is 5.72. The van der Waals surface area contributed by atoms with Gasteiger partial charge in [0.1, 0.15) is 5.65 Å². The van der Waals surface area contributed by atoms with Gasteiger partial charge in [0, 0.05) is 18.1 Å². The topological polar surface area (TPSA) is 72.7 Å². The first-order valence-corrected chi connectivity index (χ1v) is 8.06. The first-order chi connectivity index (χ1) is 12.0. The summed E-state index contributed by atoms with van der Waals surface area (Å²) in [7, 11) is 0. The number of fused-ring (bicyclic) bond motifs is 1. The molecular formula is C19H19N3O3. The molecular weight excluding hydrogens is 318 g/mol. The summed E-state index contributed by atoms with van der Waals surface area (Å²) in [5, 5.41) is 2.80. The number of rotatable bonds is 5. The third kappa shape index (κ3) is 4.03. The van der Waals surface area contributed by atoms with Crippen LogP contribution in [0.1, 0.15) is 28.5 Å². The van der Waals surface area contributed by atoms with Crippen LogP contribution in [0.5, 0.6) is 0 Å². The third-order valence-electron chi connectivity index (χ3n) is 3.69. The van der Waals surface area contributed by atoms with E-state index in [-0.39, 0.29) is 18.3 Å². The minimum Gasteiger partial charge on any atom is -0.462 e. The average Bonchev–Trinajstić information content (AvgIpc) is 2.96. The Morgan fingerprint density at radius 3 is 2.68 bits per heavy atom. The fraction of sp³-hybridized carbons (Fsp3) is 0.211. The predicted octanol–water partition coefficient (Wildman–Crippen LogP) is 3.00. The third-order valence-corrected chi connectivity index (χ3v) is 3.69. The molecule has 2 aromatic heterocycles. The minimum atomic E-state index is -0.375. The van der Waals surface area contributed by atoms with Crippen molar-refractivity contribution in [3.8, 4) is 0 Å². The van der Waals surface area contributed by atoms with Gasteiger partial charge in [0.25, 0.3) is 0 Å². The molecule has 1 amide bonds. The van der Waals surface area contributed by atoms with Crippen LogP contribution in [0, 0.1) is 6.92 Å². The highest BCUT2D eigenvalue weighted by molar-refractivity contribution is 5.93. The number of anilines is 1. The fourth-order valence-corrected chi connectivity index (χ4v) is 2.50. The number of hydrogen-bond donors (Lipinski definition) is 1. The maximum atomic E-state index is 12.2. The van der Waals surface area contributed by atoms with Gasteiger partial charge in [-0.25, -0.2) is 9.78 Å². The number of ether oxygens (including phenoxy) is 1. The summed E-state index contributed by atoms with van der Waals surface area (Å²) in [4.78, 5) is 28.3. The molecule has 2 heterocycles. The molecule has 0 spiro atoms. The molecule has 1 aromatic carbocycles. The number of pyridine rings is 1.